The third-order valence-electron chi connectivity index (χ3n) is 5.51. The van der Waals surface area contributed by atoms with Gasteiger partial charge in [0.2, 0.25) is 17.7 Å². The zero-order valence-corrected chi connectivity index (χ0v) is 20.4. The van der Waals surface area contributed by atoms with Gasteiger partial charge < -0.3 is 14.4 Å². The predicted molar refractivity (Wildman–Crippen MR) is 125 cm³/mol. The van der Waals surface area contributed by atoms with Crippen LogP contribution in [0.1, 0.15) is 23.3 Å². The van der Waals surface area contributed by atoms with Gasteiger partial charge >= 0.3 is 0 Å². The Balaban J connectivity index is 1.38. The van der Waals surface area contributed by atoms with Crippen LogP contribution < -0.4 is 9.47 Å². The molecule has 0 bridgehead atoms. The minimum absolute atomic E-state index is 0.110. The summed E-state index contributed by atoms with van der Waals surface area (Å²) in [5.74, 6) is -0.430. The number of halogens is 1. The zero-order chi connectivity index (χ0) is 24.3. The topological polar surface area (TPSA) is 98.7 Å². The molecule has 0 spiro atoms. The molecule has 0 radical (unpaired) electrons. The first-order valence-electron chi connectivity index (χ1n) is 10.7. The van der Waals surface area contributed by atoms with Crippen LogP contribution in [0.25, 0.3) is 0 Å². The molecule has 1 amide bonds. The summed E-state index contributed by atoms with van der Waals surface area (Å²) >= 11 is 1.58. The van der Waals surface area contributed by atoms with Crippen LogP contribution in [0, 0.1) is 12.7 Å². The maximum atomic E-state index is 14.4. The molecular weight excluding hydrogens is 481 g/mol. The summed E-state index contributed by atoms with van der Waals surface area (Å²) in [7, 11) is -3.53. The number of piperidine rings is 1. The molecule has 0 unspecified atom stereocenters. The first-order valence-corrected chi connectivity index (χ1v) is 13.4. The summed E-state index contributed by atoms with van der Waals surface area (Å²) in [6.45, 7) is 2.90. The smallest absolute Gasteiger partial charge is 0.229 e. The van der Waals surface area contributed by atoms with Gasteiger partial charge in [-0.1, -0.05) is 6.07 Å². The number of thiophene rings is 1. The number of amides is 1. The molecule has 0 aliphatic carbocycles. The Morgan fingerprint density at radius 2 is 1.94 bits per heavy atom. The minimum atomic E-state index is -3.53. The van der Waals surface area contributed by atoms with Crippen molar-refractivity contribution >= 4 is 27.1 Å². The summed E-state index contributed by atoms with van der Waals surface area (Å²) in [5.41, 5.74) is 0.491. The van der Waals surface area contributed by atoms with Crippen molar-refractivity contribution in [2.24, 2.45) is 0 Å². The van der Waals surface area contributed by atoms with Crippen molar-refractivity contribution in [2.45, 2.75) is 37.2 Å². The number of benzene rings is 1. The van der Waals surface area contributed by atoms with Gasteiger partial charge in [-0.15, -0.1) is 11.3 Å². The van der Waals surface area contributed by atoms with Crippen LogP contribution in [0.4, 0.5) is 4.39 Å². The van der Waals surface area contributed by atoms with Crippen molar-refractivity contribution in [3.63, 3.8) is 0 Å². The zero-order valence-electron chi connectivity index (χ0n) is 18.7. The first-order chi connectivity index (χ1) is 16.2. The summed E-state index contributed by atoms with van der Waals surface area (Å²) in [6.07, 6.45) is 3.88. The van der Waals surface area contributed by atoms with E-state index in [0.29, 0.717) is 43.8 Å². The van der Waals surface area contributed by atoms with E-state index in [-0.39, 0.29) is 28.5 Å². The van der Waals surface area contributed by atoms with Crippen LogP contribution in [-0.2, 0) is 21.1 Å². The Hall–Kier alpha value is -3.05. The number of rotatable bonds is 7. The number of hydrogen-bond acceptors (Lipinski definition) is 8. The van der Waals surface area contributed by atoms with Gasteiger partial charge in [0.25, 0.3) is 0 Å². The normalized spacial score (nSPS) is 14.7. The fourth-order valence-corrected chi connectivity index (χ4v) is 4.92. The van der Waals surface area contributed by atoms with E-state index in [9.17, 15) is 17.6 Å². The summed E-state index contributed by atoms with van der Waals surface area (Å²) in [5, 5.41) is 1.96. The molecule has 1 aliphatic rings. The summed E-state index contributed by atoms with van der Waals surface area (Å²) < 4.78 is 49.2. The molecule has 3 aromatic rings. The van der Waals surface area contributed by atoms with Crippen LogP contribution in [0.3, 0.4) is 0 Å². The SMILES string of the molecule is Cc1c(Oc2ccc(S(C)(=O)=O)cc2F)ncnc1OC1CCN(C(=O)Cc2cccs2)CC1. The van der Waals surface area contributed by atoms with E-state index in [1.54, 1.807) is 18.3 Å². The molecule has 34 heavy (non-hydrogen) atoms. The lowest BCUT2D eigenvalue weighted by Gasteiger charge is -2.32. The van der Waals surface area contributed by atoms with Crippen LogP contribution >= 0.6 is 11.3 Å². The van der Waals surface area contributed by atoms with E-state index in [2.05, 4.69) is 9.97 Å². The van der Waals surface area contributed by atoms with E-state index in [4.69, 9.17) is 9.47 Å². The monoisotopic (exact) mass is 505 g/mol. The fourth-order valence-electron chi connectivity index (χ4n) is 3.59. The average Bonchev–Trinajstić information content (AvgIpc) is 3.30. The van der Waals surface area contributed by atoms with Gasteiger partial charge in [0.05, 0.1) is 16.9 Å². The van der Waals surface area contributed by atoms with Crippen LogP contribution in [0.5, 0.6) is 17.5 Å². The highest BCUT2D eigenvalue weighted by Crippen LogP contribution is 2.31. The quantitative estimate of drug-likeness (QED) is 0.482. The van der Waals surface area contributed by atoms with Crippen molar-refractivity contribution < 1.29 is 27.1 Å². The molecule has 0 N–H and O–H groups in total. The molecule has 1 fully saturated rings. The molecule has 1 aromatic carbocycles. The van der Waals surface area contributed by atoms with Crippen LogP contribution in [0.15, 0.2) is 46.9 Å². The number of sulfone groups is 1. The highest BCUT2D eigenvalue weighted by atomic mass is 32.2. The second-order valence-electron chi connectivity index (χ2n) is 8.03. The van der Waals surface area contributed by atoms with E-state index in [1.807, 2.05) is 22.4 Å². The molecular formula is C23H24FN3O5S2. The number of likely N-dealkylation sites (tertiary alicyclic amines) is 1. The minimum Gasteiger partial charge on any atom is -0.474 e. The molecule has 1 aliphatic heterocycles. The lowest BCUT2D eigenvalue weighted by molar-refractivity contribution is -0.132. The molecule has 180 valence electrons. The molecule has 8 nitrogen and oxygen atoms in total. The standard InChI is InChI=1S/C23H24FN3O5S2/c1-15-22(31-16-7-9-27(10-8-16)21(28)12-17-4-3-11-33-17)25-14-26-23(15)32-20-6-5-18(13-19(20)24)34(2,29)30/h3-6,11,13-14,16H,7-10,12H2,1-2H3. The number of carbonyl (C=O) groups is 1. The number of ether oxygens (including phenoxy) is 2. The molecule has 0 saturated carbocycles. The van der Waals surface area contributed by atoms with E-state index in [1.165, 1.54) is 18.5 Å². The molecule has 3 heterocycles. The number of hydrogen-bond donors (Lipinski definition) is 0. The Morgan fingerprint density at radius 1 is 1.21 bits per heavy atom. The van der Waals surface area contributed by atoms with Gasteiger partial charge in [0, 0.05) is 37.1 Å². The number of nitrogens with zero attached hydrogens (tertiary/aromatic N) is 3. The predicted octanol–water partition coefficient (Wildman–Crippen LogP) is 3.79. The molecule has 11 heteroatoms. The highest BCUT2D eigenvalue weighted by molar-refractivity contribution is 7.90. The van der Waals surface area contributed by atoms with E-state index in [0.717, 1.165) is 17.2 Å². The maximum absolute atomic E-state index is 14.4. The van der Waals surface area contributed by atoms with E-state index >= 15 is 0 Å². The summed E-state index contributed by atoms with van der Waals surface area (Å²) in [6, 6.07) is 7.33. The lowest BCUT2D eigenvalue weighted by atomic mass is 10.1. The Morgan fingerprint density at radius 3 is 2.59 bits per heavy atom. The Bertz CT molecular complexity index is 1270. The lowest BCUT2D eigenvalue weighted by Crippen LogP contribution is -2.42. The second kappa shape index (κ2) is 10.1. The average molecular weight is 506 g/mol. The number of aromatic nitrogens is 2. The van der Waals surface area contributed by atoms with Gasteiger partial charge in [0.1, 0.15) is 12.4 Å². The van der Waals surface area contributed by atoms with Gasteiger partial charge in [-0.25, -0.2) is 22.8 Å². The largest absolute Gasteiger partial charge is 0.474 e. The van der Waals surface area contributed by atoms with E-state index < -0.39 is 15.7 Å². The van der Waals surface area contributed by atoms with Crippen molar-refractivity contribution in [3.05, 3.63) is 58.3 Å². The van der Waals surface area contributed by atoms with Crippen molar-refractivity contribution in [2.75, 3.05) is 19.3 Å². The first kappa shape index (κ1) is 24.1. The van der Waals surface area contributed by atoms with Gasteiger partial charge in [0.15, 0.2) is 21.4 Å². The van der Waals surface area contributed by atoms with Gasteiger partial charge in [-0.2, -0.15) is 0 Å². The second-order valence-corrected chi connectivity index (χ2v) is 11.1. The third-order valence-corrected chi connectivity index (χ3v) is 7.49. The summed E-state index contributed by atoms with van der Waals surface area (Å²) in [4.78, 5) is 23.5. The molecule has 0 atom stereocenters. The highest BCUT2D eigenvalue weighted by Gasteiger charge is 2.25. The van der Waals surface area contributed by atoms with Crippen LogP contribution in [0.2, 0.25) is 0 Å². The molecule has 1 saturated heterocycles. The molecule has 4 rings (SSSR count). The van der Waals surface area contributed by atoms with Crippen molar-refractivity contribution in [3.8, 4) is 17.5 Å². The maximum Gasteiger partial charge on any atom is 0.229 e. The third kappa shape index (κ3) is 5.71. The number of carbonyl (C=O) groups excluding carboxylic acids is 1. The Kier molecular flexibility index (Phi) is 7.13. The van der Waals surface area contributed by atoms with Gasteiger partial charge in [-0.05, 0) is 36.6 Å². The Labute approximate surface area is 201 Å². The molecule has 2 aromatic heterocycles. The van der Waals surface area contributed by atoms with Crippen molar-refractivity contribution in [1.82, 2.24) is 14.9 Å². The van der Waals surface area contributed by atoms with Gasteiger partial charge in [-0.3, -0.25) is 4.79 Å². The van der Waals surface area contributed by atoms with Crippen molar-refractivity contribution in [1.29, 1.82) is 0 Å². The fraction of sp³-hybridized carbons (Fsp3) is 0.348. The van der Waals surface area contributed by atoms with Crippen LogP contribution in [-0.4, -0.2) is 54.6 Å².